The highest BCUT2D eigenvalue weighted by Gasteiger charge is 2.45. The highest BCUT2D eigenvalue weighted by molar-refractivity contribution is 6.09. The van der Waals surface area contributed by atoms with E-state index in [2.05, 4.69) is 0 Å². The number of rotatable bonds is 6. The second-order valence-electron chi connectivity index (χ2n) is 8.49. The molecule has 2 aliphatic rings. The molecule has 0 saturated carbocycles. The number of ketones is 1. The largest absolute Gasteiger partial charge is 0.493 e. The predicted molar refractivity (Wildman–Crippen MR) is 126 cm³/mol. The summed E-state index contributed by atoms with van der Waals surface area (Å²) in [6.07, 6.45) is 0.720. The molecule has 0 radical (unpaired) electrons. The number of methoxy groups -OCH3 is 2. The van der Waals surface area contributed by atoms with Gasteiger partial charge in [0.1, 0.15) is 11.7 Å². The van der Waals surface area contributed by atoms with E-state index in [4.69, 9.17) is 19.2 Å². The number of carbonyl (C=O) groups is 2. The zero-order valence-electron chi connectivity index (χ0n) is 19.8. The molecule has 2 aromatic rings. The van der Waals surface area contributed by atoms with E-state index in [1.54, 1.807) is 46.3 Å². The minimum atomic E-state index is -0.850. The van der Waals surface area contributed by atoms with Crippen molar-refractivity contribution in [1.29, 1.82) is 0 Å². The molecule has 4 rings (SSSR count). The number of Topliss-reactive ketones (excluding diaryl/α,β-unsaturated/α-hetero) is 1. The number of nitrogens with zero attached hydrogens (tertiary/aromatic N) is 1. The summed E-state index contributed by atoms with van der Waals surface area (Å²) in [5, 5.41) is 0. The van der Waals surface area contributed by atoms with Gasteiger partial charge in [-0.2, -0.15) is 0 Å². The molecule has 0 amide bonds. The first-order chi connectivity index (χ1) is 16.4. The Hall–Kier alpha value is -3.48. The van der Waals surface area contributed by atoms with Crippen molar-refractivity contribution >= 4 is 17.5 Å². The van der Waals surface area contributed by atoms with E-state index in [0.717, 1.165) is 5.56 Å². The fraction of sp³-hybridized carbons (Fsp3) is 0.370. The molecular formula is C27H28FNO5. The first kappa shape index (κ1) is 23.7. The normalized spacial score (nSPS) is 22.1. The number of halogens is 1. The van der Waals surface area contributed by atoms with Crippen LogP contribution in [-0.2, 0) is 14.3 Å². The molecule has 178 valence electrons. The maximum Gasteiger partial charge on any atom is 0.315 e. The van der Waals surface area contributed by atoms with E-state index in [9.17, 15) is 14.0 Å². The first-order valence-corrected chi connectivity index (χ1v) is 11.3. The van der Waals surface area contributed by atoms with Crippen LogP contribution in [0.5, 0.6) is 11.5 Å². The number of benzene rings is 2. The summed E-state index contributed by atoms with van der Waals surface area (Å²) in [4.78, 5) is 31.2. The number of carbonyl (C=O) groups excluding carboxylic acids is 2. The van der Waals surface area contributed by atoms with Crippen molar-refractivity contribution in [2.24, 2.45) is 10.9 Å². The molecule has 1 heterocycles. The van der Waals surface area contributed by atoms with Gasteiger partial charge in [0.15, 0.2) is 17.3 Å². The van der Waals surface area contributed by atoms with Crippen LogP contribution < -0.4 is 9.47 Å². The average molecular weight is 466 g/mol. The number of ether oxygens (including phenoxy) is 3. The van der Waals surface area contributed by atoms with Crippen molar-refractivity contribution in [2.75, 3.05) is 20.8 Å². The molecule has 1 aliphatic heterocycles. The van der Waals surface area contributed by atoms with Gasteiger partial charge in [-0.05, 0) is 55.5 Å². The van der Waals surface area contributed by atoms with Crippen molar-refractivity contribution in [3.8, 4) is 11.5 Å². The molecule has 1 aliphatic carbocycles. The summed E-state index contributed by atoms with van der Waals surface area (Å²) in [5.41, 5.74) is 2.76. The summed E-state index contributed by atoms with van der Waals surface area (Å²) < 4.78 is 31.0. The first-order valence-electron chi connectivity index (χ1n) is 11.3. The molecule has 1 unspecified atom stereocenters. The lowest BCUT2D eigenvalue weighted by molar-refractivity contribution is -0.146. The second kappa shape index (κ2) is 9.79. The van der Waals surface area contributed by atoms with Gasteiger partial charge >= 0.3 is 5.97 Å². The number of aliphatic imine (C=N–C) groups is 1. The number of hydrogen-bond acceptors (Lipinski definition) is 6. The number of hydrogen-bond donors (Lipinski definition) is 0. The molecule has 6 nitrogen and oxygen atoms in total. The summed E-state index contributed by atoms with van der Waals surface area (Å²) in [6, 6.07) is 11.9. The molecule has 0 bridgehead atoms. The van der Waals surface area contributed by atoms with Gasteiger partial charge in [0.25, 0.3) is 0 Å². The third-order valence-electron chi connectivity index (χ3n) is 6.55. The zero-order chi connectivity index (χ0) is 24.4. The van der Waals surface area contributed by atoms with Crippen molar-refractivity contribution in [2.45, 2.75) is 38.5 Å². The summed E-state index contributed by atoms with van der Waals surface area (Å²) >= 11 is 0. The van der Waals surface area contributed by atoms with E-state index in [-0.39, 0.29) is 24.7 Å². The summed E-state index contributed by atoms with van der Waals surface area (Å²) in [5.74, 6) is -1.65. The smallest absolute Gasteiger partial charge is 0.315 e. The quantitative estimate of drug-likeness (QED) is 0.563. The SMILES string of the molecule is CCOC(=O)C1C(C)=NC2=C(C(=O)C[C@@H](c3ccc(OC)c(OC)c3)C2)[C@@H]1c1ccccc1F. The maximum absolute atomic E-state index is 15.0. The molecule has 0 N–H and O–H groups in total. The van der Waals surface area contributed by atoms with Crippen molar-refractivity contribution in [1.82, 2.24) is 0 Å². The lowest BCUT2D eigenvalue weighted by Gasteiger charge is -2.36. The minimum Gasteiger partial charge on any atom is -0.493 e. The minimum absolute atomic E-state index is 0.122. The monoisotopic (exact) mass is 465 g/mol. The Kier molecular flexibility index (Phi) is 6.82. The van der Waals surface area contributed by atoms with E-state index in [0.29, 0.717) is 40.5 Å². The molecule has 0 fully saturated rings. The third kappa shape index (κ3) is 4.22. The lowest BCUT2D eigenvalue weighted by Crippen LogP contribution is -2.38. The maximum atomic E-state index is 15.0. The van der Waals surface area contributed by atoms with Gasteiger partial charge < -0.3 is 14.2 Å². The van der Waals surface area contributed by atoms with Gasteiger partial charge in [-0.25, -0.2) is 4.39 Å². The molecular weight excluding hydrogens is 437 g/mol. The highest BCUT2D eigenvalue weighted by Crippen LogP contribution is 2.48. The Morgan fingerprint density at radius 2 is 1.82 bits per heavy atom. The topological polar surface area (TPSA) is 74.2 Å². The number of esters is 1. The van der Waals surface area contributed by atoms with Gasteiger partial charge in [0.2, 0.25) is 0 Å². The van der Waals surface area contributed by atoms with Crippen LogP contribution in [0.4, 0.5) is 4.39 Å². The molecule has 2 aromatic carbocycles. The van der Waals surface area contributed by atoms with Crippen LogP contribution >= 0.6 is 0 Å². The molecule has 3 atom stereocenters. The van der Waals surface area contributed by atoms with Crippen molar-refractivity contribution in [3.05, 3.63) is 70.7 Å². The van der Waals surface area contributed by atoms with Crippen LogP contribution in [0.25, 0.3) is 0 Å². The Labute approximate surface area is 198 Å². The Balaban J connectivity index is 1.79. The van der Waals surface area contributed by atoms with Crippen LogP contribution in [0.1, 0.15) is 49.7 Å². The van der Waals surface area contributed by atoms with E-state index >= 15 is 0 Å². The van der Waals surface area contributed by atoms with E-state index in [1.807, 2.05) is 18.2 Å². The average Bonchev–Trinajstić information content (AvgIpc) is 2.83. The summed E-state index contributed by atoms with van der Waals surface area (Å²) in [7, 11) is 3.14. The van der Waals surface area contributed by atoms with Crippen LogP contribution in [0.15, 0.2) is 58.7 Å². The van der Waals surface area contributed by atoms with Crippen LogP contribution in [0.3, 0.4) is 0 Å². The van der Waals surface area contributed by atoms with Gasteiger partial charge in [-0.3, -0.25) is 14.6 Å². The fourth-order valence-corrected chi connectivity index (χ4v) is 5.00. The Morgan fingerprint density at radius 3 is 2.50 bits per heavy atom. The Bertz CT molecular complexity index is 1190. The van der Waals surface area contributed by atoms with Crippen molar-refractivity contribution in [3.63, 3.8) is 0 Å². The molecule has 7 heteroatoms. The highest BCUT2D eigenvalue weighted by atomic mass is 19.1. The fourth-order valence-electron chi connectivity index (χ4n) is 5.00. The lowest BCUT2D eigenvalue weighted by atomic mass is 9.69. The molecule has 0 aromatic heterocycles. The van der Waals surface area contributed by atoms with Gasteiger partial charge in [-0.1, -0.05) is 24.3 Å². The second-order valence-corrected chi connectivity index (χ2v) is 8.49. The molecule has 34 heavy (non-hydrogen) atoms. The molecule has 0 spiro atoms. The Morgan fingerprint density at radius 1 is 1.09 bits per heavy atom. The van der Waals surface area contributed by atoms with Gasteiger partial charge in [0, 0.05) is 29.3 Å². The van der Waals surface area contributed by atoms with Crippen LogP contribution in [0, 0.1) is 11.7 Å². The summed E-state index contributed by atoms with van der Waals surface area (Å²) in [6.45, 7) is 3.65. The predicted octanol–water partition coefficient (Wildman–Crippen LogP) is 4.98. The molecule has 0 saturated heterocycles. The third-order valence-corrected chi connectivity index (χ3v) is 6.55. The van der Waals surface area contributed by atoms with E-state index < -0.39 is 23.6 Å². The van der Waals surface area contributed by atoms with Crippen LogP contribution in [-0.4, -0.2) is 38.3 Å². The standard InChI is InChI=1S/C27H28FNO5/c1-5-34-27(31)24-15(2)29-20-12-17(16-10-11-22(32-3)23(14-16)33-4)13-21(30)26(20)25(24)18-8-6-7-9-19(18)28/h6-11,14,17,24-25H,5,12-13H2,1-4H3/t17-,24?,25+/m0/s1. The van der Waals surface area contributed by atoms with Gasteiger partial charge in [0.05, 0.1) is 20.8 Å². The van der Waals surface area contributed by atoms with Crippen molar-refractivity contribution < 1.29 is 28.2 Å². The zero-order valence-corrected chi connectivity index (χ0v) is 19.8. The van der Waals surface area contributed by atoms with Gasteiger partial charge in [-0.15, -0.1) is 0 Å². The van der Waals surface area contributed by atoms with E-state index in [1.165, 1.54) is 6.07 Å². The number of allylic oxidation sites excluding steroid dienone is 2. The van der Waals surface area contributed by atoms with Crippen LogP contribution in [0.2, 0.25) is 0 Å².